The van der Waals surface area contributed by atoms with Crippen LogP contribution in [0.2, 0.25) is 0 Å². The van der Waals surface area contributed by atoms with Crippen LogP contribution >= 0.6 is 12.2 Å². The minimum absolute atomic E-state index is 0.0105. The Labute approximate surface area is 181 Å². The summed E-state index contributed by atoms with van der Waals surface area (Å²) < 4.78 is 5.97. The first-order valence-electron chi connectivity index (χ1n) is 9.74. The molecule has 5 heteroatoms. The highest BCUT2D eigenvalue weighted by atomic mass is 32.1. The summed E-state index contributed by atoms with van der Waals surface area (Å²) >= 11 is 5.34. The number of hydrogen-bond acceptors (Lipinski definition) is 3. The number of nitrogens with one attached hydrogen (secondary N) is 2. The third-order valence-corrected chi connectivity index (χ3v) is 5.30. The monoisotopic (exact) mass is 414 g/mol. The molecule has 0 radical (unpaired) electrons. The summed E-state index contributed by atoms with van der Waals surface area (Å²) in [5.41, 5.74) is 3.24. The van der Waals surface area contributed by atoms with E-state index in [2.05, 4.69) is 17.2 Å². The van der Waals surface area contributed by atoms with Crippen molar-refractivity contribution in [3.8, 4) is 5.75 Å². The molecule has 3 aromatic rings. The lowest BCUT2D eigenvalue weighted by Crippen LogP contribution is -2.50. The molecule has 3 aromatic carbocycles. The summed E-state index contributed by atoms with van der Waals surface area (Å²) in [6.45, 7) is 4.55. The van der Waals surface area contributed by atoms with E-state index in [1.165, 1.54) is 0 Å². The minimum atomic E-state index is -0.497. The first-order valence-corrected chi connectivity index (χ1v) is 10.1. The maximum Gasteiger partial charge on any atom is 0.174 e. The van der Waals surface area contributed by atoms with E-state index in [4.69, 9.17) is 17.0 Å². The zero-order valence-corrected chi connectivity index (χ0v) is 17.2. The lowest BCUT2D eigenvalue weighted by Gasteiger charge is -2.35. The normalized spacial score (nSPS) is 18.3. The highest BCUT2D eigenvalue weighted by Gasteiger charge is 2.37. The van der Waals surface area contributed by atoms with Gasteiger partial charge in [0.15, 0.2) is 10.9 Å². The van der Waals surface area contributed by atoms with Crippen molar-refractivity contribution in [2.75, 3.05) is 0 Å². The van der Waals surface area contributed by atoms with Gasteiger partial charge in [0.25, 0.3) is 0 Å². The first kappa shape index (κ1) is 19.9. The fourth-order valence-corrected chi connectivity index (χ4v) is 3.85. The molecule has 1 heterocycles. The van der Waals surface area contributed by atoms with Crippen LogP contribution < -0.4 is 15.4 Å². The maximum atomic E-state index is 13.3. The lowest BCUT2D eigenvalue weighted by molar-refractivity contribution is 0.0912. The molecule has 0 spiro atoms. The second kappa shape index (κ2) is 8.93. The topological polar surface area (TPSA) is 50.4 Å². The molecule has 1 aliphatic heterocycles. The Bertz CT molecular complexity index is 1070. The summed E-state index contributed by atoms with van der Waals surface area (Å²) in [6.07, 6.45) is 0. The molecule has 0 unspecified atom stereocenters. The van der Waals surface area contributed by atoms with Gasteiger partial charge < -0.3 is 15.4 Å². The van der Waals surface area contributed by atoms with Crippen molar-refractivity contribution in [2.45, 2.75) is 12.6 Å². The van der Waals surface area contributed by atoms with E-state index in [9.17, 15) is 4.79 Å². The average Bonchev–Trinajstić information content (AvgIpc) is 2.78. The fraction of sp³-hybridized carbons (Fsp3) is 0.120. The number of ether oxygens (including phenoxy) is 1. The third-order valence-electron chi connectivity index (χ3n) is 5.08. The highest BCUT2D eigenvalue weighted by molar-refractivity contribution is 7.80. The van der Waals surface area contributed by atoms with Crippen LogP contribution in [0.1, 0.15) is 27.5 Å². The standard InChI is InChI=1S/C25H22N2O2S/c1-17-22(24(28)19-11-6-3-7-12-19)23(27-25(30)26-17)20-13-8-14-21(15-20)29-16-18-9-4-2-5-10-18/h2-15,22-23H,1,16H2,(H2,26,27,30)/t22-,23-/m1/s1. The number of hydrogen-bond donors (Lipinski definition) is 2. The molecular weight excluding hydrogens is 392 g/mol. The number of Topliss-reactive ketones (excluding diaryl/α,β-unsaturated/α-hetero) is 1. The highest BCUT2D eigenvalue weighted by Crippen LogP contribution is 2.33. The Hall–Kier alpha value is -3.44. The number of carbonyl (C=O) groups excluding carboxylic acids is 1. The molecule has 2 atom stereocenters. The number of benzene rings is 3. The van der Waals surface area contributed by atoms with Gasteiger partial charge in [-0.25, -0.2) is 0 Å². The second-order valence-corrected chi connectivity index (χ2v) is 7.56. The summed E-state index contributed by atoms with van der Waals surface area (Å²) in [7, 11) is 0. The number of thiocarbonyl (C=S) groups is 1. The van der Waals surface area contributed by atoms with Gasteiger partial charge in [-0.3, -0.25) is 4.79 Å². The number of ketones is 1. The van der Waals surface area contributed by atoms with Crippen LogP contribution in [0.25, 0.3) is 0 Å². The number of rotatable bonds is 6. The Balaban J connectivity index is 1.60. The van der Waals surface area contributed by atoms with Gasteiger partial charge in [0, 0.05) is 11.3 Å². The Morgan fingerprint density at radius 2 is 1.67 bits per heavy atom. The van der Waals surface area contributed by atoms with Gasteiger partial charge in [-0.2, -0.15) is 0 Å². The van der Waals surface area contributed by atoms with Gasteiger partial charge in [-0.1, -0.05) is 79.4 Å². The second-order valence-electron chi connectivity index (χ2n) is 7.16. The lowest BCUT2D eigenvalue weighted by atomic mass is 9.83. The smallest absolute Gasteiger partial charge is 0.174 e. The van der Waals surface area contributed by atoms with E-state index >= 15 is 0 Å². The van der Waals surface area contributed by atoms with Crippen LogP contribution in [0.15, 0.2) is 97.2 Å². The van der Waals surface area contributed by atoms with Crippen molar-refractivity contribution in [3.63, 3.8) is 0 Å². The minimum Gasteiger partial charge on any atom is -0.489 e. The van der Waals surface area contributed by atoms with Crippen LogP contribution in [0.5, 0.6) is 5.75 Å². The Kier molecular flexibility index (Phi) is 5.91. The van der Waals surface area contributed by atoms with E-state index < -0.39 is 5.92 Å². The van der Waals surface area contributed by atoms with Crippen LogP contribution in [-0.4, -0.2) is 10.9 Å². The molecule has 1 fully saturated rings. The van der Waals surface area contributed by atoms with Crippen LogP contribution in [0, 0.1) is 5.92 Å². The summed E-state index contributed by atoms with van der Waals surface area (Å²) in [5, 5.41) is 6.72. The van der Waals surface area contributed by atoms with E-state index in [1.54, 1.807) is 0 Å². The van der Waals surface area contributed by atoms with E-state index in [0.717, 1.165) is 16.9 Å². The Morgan fingerprint density at radius 1 is 0.967 bits per heavy atom. The molecule has 0 bridgehead atoms. The molecule has 0 aromatic heterocycles. The van der Waals surface area contributed by atoms with Gasteiger partial charge in [0.05, 0.1) is 12.0 Å². The summed E-state index contributed by atoms with van der Waals surface area (Å²) in [4.78, 5) is 13.3. The molecule has 4 nitrogen and oxygen atoms in total. The van der Waals surface area contributed by atoms with Crippen molar-refractivity contribution in [3.05, 3.63) is 114 Å². The first-order chi connectivity index (χ1) is 14.6. The zero-order valence-electron chi connectivity index (χ0n) is 16.4. The summed E-state index contributed by atoms with van der Waals surface area (Å²) in [6, 6.07) is 26.7. The molecule has 1 aliphatic rings. The molecule has 0 aliphatic carbocycles. The molecule has 0 saturated carbocycles. The molecule has 2 N–H and O–H groups in total. The SMILES string of the molecule is C=C1NC(=S)N[C@H](c2cccc(OCc3ccccc3)c2)[C@@H]1C(=O)c1ccccc1. The van der Waals surface area contributed by atoms with Crippen molar-refractivity contribution >= 4 is 23.1 Å². The maximum absolute atomic E-state index is 13.3. The van der Waals surface area contributed by atoms with E-state index in [0.29, 0.717) is 23.0 Å². The fourth-order valence-electron chi connectivity index (χ4n) is 3.59. The molecule has 30 heavy (non-hydrogen) atoms. The van der Waals surface area contributed by atoms with Gasteiger partial charge >= 0.3 is 0 Å². The zero-order chi connectivity index (χ0) is 20.9. The Morgan fingerprint density at radius 3 is 2.40 bits per heavy atom. The van der Waals surface area contributed by atoms with Gasteiger partial charge in [0.2, 0.25) is 0 Å². The number of carbonyl (C=O) groups is 1. The van der Waals surface area contributed by atoms with Gasteiger partial charge in [-0.15, -0.1) is 0 Å². The summed E-state index contributed by atoms with van der Waals surface area (Å²) in [5.74, 6) is 0.228. The van der Waals surface area contributed by atoms with Crippen molar-refractivity contribution < 1.29 is 9.53 Å². The molecule has 1 saturated heterocycles. The van der Waals surface area contributed by atoms with Gasteiger partial charge in [-0.05, 0) is 35.5 Å². The van der Waals surface area contributed by atoms with Crippen LogP contribution in [0.3, 0.4) is 0 Å². The van der Waals surface area contributed by atoms with E-state index in [1.807, 2.05) is 84.9 Å². The molecular formula is C25H22N2O2S. The molecule has 4 rings (SSSR count). The van der Waals surface area contributed by atoms with Crippen molar-refractivity contribution in [1.29, 1.82) is 0 Å². The van der Waals surface area contributed by atoms with Crippen LogP contribution in [-0.2, 0) is 6.61 Å². The van der Waals surface area contributed by atoms with Crippen molar-refractivity contribution in [1.82, 2.24) is 10.6 Å². The van der Waals surface area contributed by atoms with Crippen LogP contribution in [0.4, 0.5) is 0 Å². The third kappa shape index (κ3) is 4.42. The average molecular weight is 415 g/mol. The van der Waals surface area contributed by atoms with Crippen molar-refractivity contribution in [2.24, 2.45) is 5.92 Å². The van der Waals surface area contributed by atoms with E-state index in [-0.39, 0.29) is 11.8 Å². The predicted octanol–water partition coefficient (Wildman–Crippen LogP) is 4.80. The molecule has 150 valence electrons. The predicted molar refractivity (Wildman–Crippen MR) is 122 cm³/mol. The van der Waals surface area contributed by atoms with Gasteiger partial charge in [0.1, 0.15) is 12.4 Å². The largest absolute Gasteiger partial charge is 0.489 e. The quantitative estimate of drug-likeness (QED) is 0.448. The molecule has 0 amide bonds.